The van der Waals surface area contributed by atoms with Crippen molar-refractivity contribution in [1.29, 1.82) is 0 Å². The van der Waals surface area contributed by atoms with Crippen LogP contribution in [0.2, 0.25) is 0 Å². The Hall–Kier alpha value is -1.35. The molecule has 0 spiro atoms. The lowest BCUT2D eigenvalue weighted by Crippen LogP contribution is -1.91. The maximum atomic E-state index is 5.31. The molecule has 0 N–H and O–H groups in total. The van der Waals surface area contributed by atoms with Gasteiger partial charge in [-0.15, -0.1) is 0 Å². The van der Waals surface area contributed by atoms with Gasteiger partial charge in [-0.2, -0.15) is 9.61 Å². The molecule has 5 nitrogen and oxygen atoms in total. The van der Waals surface area contributed by atoms with Crippen LogP contribution in [0.15, 0.2) is 24.4 Å². The maximum Gasteiger partial charge on any atom is 0.213 e. The van der Waals surface area contributed by atoms with Crippen LogP contribution < -0.4 is 9.47 Å². The Morgan fingerprint density at radius 3 is 2.68 bits per heavy atom. The van der Waals surface area contributed by atoms with Crippen molar-refractivity contribution in [3.8, 4) is 22.1 Å². The van der Waals surface area contributed by atoms with E-state index in [-0.39, 0.29) is 0 Å². The number of benzene rings is 1. The molecule has 0 saturated heterocycles. The van der Waals surface area contributed by atoms with Crippen molar-refractivity contribution in [2.24, 2.45) is 0 Å². The largest absolute Gasteiger partial charge is 0.493 e. The summed E-state index contributed by atoms with van der Waals surface area (Å²) in [6, 6.07) is 5.76. The molecule has 0 aliphatic carbocycles. The van der Waals surface area contributed by atoms with Gasteiger partial charge in [-0.25, -0.2) is 4.98 Å². The van der Waals surface area contributed by atoms with Crippen molar-refractivity contribution >= 4 is 38.9 Å². The standard InChI is InChI=1S/C12H10IN3O2S/c1-17-8-4-3-7(5-9(8)18-2)11-15-16-10(13)6-14-12(16)19-11/h3-6H,1-2H3. The van der Waals surface area contributed by atoms with Crippen LogP contribution in [0.25, 0.3) is 15.5 Å². The second kappa shape index (κ2) is 4.97. The molecule has 0 aliphatic rings. The van der Waals surface area contributed by atoms with Crippen molar-refractivity contribution in [3.05, 3.63) is 28.1 Å². The topological polar surface area (TPSA) is 48.7 Å². The van der Waals surface area contributed by atoms with Gasteiger partial charge in [0.05, 0.1) is 20.4 Å². The Labute approximate surface area is 127 Å². The van der Waals surface area contributed by atoms with E-state index in [4.69, 9.17) is 9.47 Å². The highest BCUT2D eigenvalue weighted by atomic mass is 127. The van der Waals surface area contributed by atoms with E-state index in [9.17, 15) is 0 Å². The zero-order valence-corrected chi connectivity index (χ0v) is 13.2. The molecule has 2 aromatic heterocycles. The zero-order valence-electron chi connectivity index (χ0n) is 10.3. The van der Waals surface area contributed by atoms with Crippen LogP contribution in [-0.4, -0.2) is 28.8 Å². The summed E-state index contributed by atoms with van der Waals surface area (Å²) in [5.74, 6) is 1.41. The van der Waals surface area contributed by atoms with Gasteiger partial charge >= 0.3 is 0 Å². The summed E-state index contributed by atoms with van der Waals surface area (Å²) in [5.41, 5.74) is 0.990. The quantitative estimate of drug-likeness (QED) is 0.649. The first-order valence-electron chi connectivity index (χ1n) is 5.45. The van der Waals surface area contributed by atoms with Gasteiger partial charge in [-0.1, -0.05) is 11.3 Å². The second-order valence-electron chi connectivity index (χ2n) is 3.75. The number of halogens is 1. The number of methoxy groups -OCH3 is 2. The van der Waals surface area contributed by atoms with Gasteiger partial charge in [0.15, 0.2) is 11.5 Å². The van der Waals surface area contributed by atoms with Crippen LogP contribution in [0.1, 0.15) is 0 Å². The molecule has 0 atom stereocenters. The Bertz CT molecular complexity index is 738. The molecular formula is C12H10IN3O2S. The van der Waals surface area contributed by atoms with Crippen molar-refractivity contribution < 1.29 is 9.47 Å². The van der Waals surface area contributed by atoms with Crippen molar-refractivity contribution in [2.45, 2.75) is 0 Å². The third-order valence-corrected chi connectivity index (χ3v) is 4.38. The average molecular weight is 387 g/mol. The van der Waals surface area contributed by atoms with Gasteiger partial charge in [0.2, 0.25) is 4.96 Å². The first-order chi connectivity index (χ1) is 9.22. The molecule has 1 aromatic carbocycles. The van der Waals surface area contributed by atoms with Crippen molar-refractivity contribution in [2.75, 3.05) is 14.2 Å². The van der Waals surface area contributed by atoms with E-state index >= 15 is 0 Å². The highest BCUT2D eigenvalue weighted by molar-refractivity contribution is 14.1. The molecule has 0 radical (unpaired) electrons. The zero-order chi connectivity index (χ0) is 13.4. The third kappa shape index (κ3) is 2.16. The number of hydrogen-bond donors (Lipinski definition) is 0. The van der Waals surface area contributed by atoms with E-state index in [1.54, 1.807) is 31.8 Å². The maximum absolute atomic E-state index is 5.31. The lowest BCUT2D eigenvalue weighted by atomic mass is 10.2. The molecule has 0 saturated carbocycles. The minimum absolute atomic E-state index is 0.697. The first-order valence-corrected chi connectivity index (χ1v) is 7.35. The first kappa shape index (κ1) is 12.7. The SMILES string of the molecule is COc1ccc(-c2nn3c(I)cnc3s2)cc1OC. The Kier molecular flexibility index (Phi) is 3.31. The third-order valence-electron chi connectivity index (χ3n) is 2.67. The van der Waals surface area contributed by atoms with E-state index in [1.807, 2.05) is 22.7 Å². The number of aromatic nitrogens is 3. The highest BCUT2D eigenvalue weighted by Gasteiger charge is 2.12. The fourth-order valence-corrected chi connectivity index (χ4v) is 3.26. The molecular weight excluding hydrogens is 377 g/mol. The molecule has 19 heavy (non-hydrogen) atoms. The summed E-state index contributed by atoms with van der Waals surface area (Å²) in [6.07, 6.45) is 1.80. The molecule has 0 bridgehead atoms. The molecule has 0 aliphatic heterocycles. The molecule has 98 valence electrons. The molecule has 0 fully saturated rings. The highest BCUT2D eigenvalue weighted by Crippen LogP contribution is 2.34. The summed E-state index contributed by atoms with van der Waals surface area (Å²) in [4.78, 5) is 5.18. The number of fused-ring (bicyclic) bond motifs is 1. The predicted molar refractivity (Wildman–Crippen MR) is 82.1 cm³/mol. The summed E-state index contributed by atoms with van der Waals surface area (Å²) >= 11 is 3.75. The van der Waals surface area contributed by atoms with E-state index in [2.05, 4.69) is 32.7 Å². The Morgan fingerprint density at radius 1 is 1.21 bits per heavy atom. The van der Waals surface area contributed by atoms with Gasteiger partial charge in [0, 0.05) is 5.56 Å². The molecule has 0 amide bonds. The molecule has 3 aromatic rings. The van der Waals surface area contributed by atoms with Crippen molar-refractivity contribution in [3.63, 3.8) is 0 Å². The van der Waals surface area contributed by atoms with Crippen LogP contribution in [0, 0.1) is 3.70 Å². The molecule has 7 heteroatoms. The second-order valence-corrected chi connectivity index (χ2v) is 5.81. The molecule has 2 heterocycles. The normalized spacial score (nSPS) is 10.9. The van der Waals surface area contributed by atoms with E-state index in [1.165, 1.54) is 0 Å². The van der Waals surface area contributed by atoms with E-state index in [0.29, 0.717) is 11.5 Å². The Balaban J connectivity index is 2.10. The van der Waals surface area contributed by atoms with Gasteiger partial charge in [-0.3, -0.25) is 0 Å². The number of ether oxygens (including phenoxy) is 2. The van der Waals surface area contributed by atoms with Crippen LogP contribution in [-0.2, 0) is 0 Å². The number of rotatable bonds is 3. The molecule has 0 unspecified atom stereocenters. The fourth-order valence-electron chi connectivity index (χ4n) is 1.75. The summed E-state index contributed by atoms with van der Waals surface area (Å²) < 4.78 is 13.4. The smallest absolute Gasteiger partial charge is 0.213 e. The lowest BCUT2D eigenvalue weighted by molar-refractivity contribution is 0.355. The summed E-state index contributed by atoms with van der Waals surface area (Å²) in [6.45, 7) is 0. The monoisotopic (exact) mass is 387 g/mol. The van der Waals surface area contributed by atoms with E-state index < -0.39 is 0 Å². The fraction of sp³-hybridized carbons (Fsp3) is 0.167. The minimum Gasteiger partial charge on any atom is -0.493 e. The predicted octanol–water partition coefficient (Wildman–Crippen LogP) is 3.08. The van der Waals surface area contributed by atoms with Crippen molar-refractivity contribution in [1.82, 2.24) is 14.6 Å². The average Bonchev–Trinajstić information content (AvgIpc) is 3.00. The summed E-state index contributed by atoms with van der Waals surface area (Å²) in [7, 11) is 3.25. The van der Waals surface area contributed by atoms with Gasteiger partial charge in [-0.05, 0) is 40.8 Å². The summed E-state index contributed by atoms with van der Waals surface area (Å²) in [5, 5.41) is 5.45. The lowest BCUT2D eigenvalue weighted by Gasteiger charge is -2.07. The van der Waals surface area contributed by atoms with E-state index in [0.717, 1.165) is 19.2 Å². The van der Waals surface area contributed by atoms with Crippen LogP contribution in [0.4, 0.5) is 0 Å². The minimum atomic E-state index is 0.697. The van der Waals surface area contributed by atoms with Crippen LogP contribution in [0.5, 0.6) is 11.5 Å². The number of imidazole rings is 1. The van der Waals surface area contributed by atoms with Gasteiger partial charge in [0.25, 0.3) is 0 Å². The van der Waals surface area contributed by atoms with Crippen LogP contribution in [0.3, 0.4) is 0 Å². The molecule has 3 rings (SSSR count). The number of hydrogen-bond acceptors (Lipinski definition) is 5. The van der Waals surface area contributed by atoms with Crippen LogP contribution >= 0.6 is 33.9 Å². The number of nitrogens with zero attached hydrogens (tertiary/aromatic N) is 3. The van der Waals surface area contributed by atoms with Gasteiger partial charge < -0.3 is 9.47 Å². The van der Waals surface area contributed by atoms with Gasteiger partial charge in [0.1, 0.15) is 8.71 Å². The Morgan fingerprint density at radius 2 is 2.00 bits per heavy atom.